The molecule has 0 fully saturated rings. The molecule has 0 saturated carbocycles. The second-order valence-corrected chi connectivity index (χ2v) is 5.56. The third-order valence-electron chi connectivity index (χ3n) is 3.88. The zero-order chi connectivity index (χ0) is 19.1. The maximum absolute atomic E-state index is 13.0. The highest BCUT2D eigenvalue weighted by Crippen LogP contribution is 2.35. The largest absolute Gasteiger partial charge is 0.496 e. The predicted molar refractivity (Wildman–Crippen MR) is 98.1 cm³/mol. The van der Waals surface area contributed by atoms with Gasteiger partial charge in [0.05, 0.1) is 27.4 Å². The Hall–Kier alpha value is -3.02. The quantitative estimate of drug-likeness (QED) is 0.765. The summed E-state index contributed by atoms with van der Waals surface area (Å²) in [6.45, 7) is 1.83. The van der Waals surface area contributed by atoms with Gasteiger partial charge in [-0.1, -0.05) is 12.1 Å². The number of hydrogen-bond acceptors (Lipinski definition) is 4. The lowest BCUT2D eigenvalue weighted by molar-refractivity contribution is -0.117. The van der Waals surface area contributed by atoms with Crippen molar-refractivity contribution in [3.05, 3.63) is 59.4 Å². The minimum atomic E-state index is -0.312. The van der Waals surface area contributed by atoms with Gasteiger partial charge in [0, 0.05) is 17.7 Å². The molecule has 0 spiro atoms. The number of benzene rings is 2. The normalized spacial score (nSPS) is 11.9. The van der Waals surface area contributed by atoms with Gasteiger partial charge in [-0.2, -0.15) is 0 Å². The van der Waals surface area contributed by atoms with Gasteiger partial charge in [-0.3, -0.25) is 4.79 Å². The second-order valence-electron chi connectivity index (χ2n) is 5.56. The minimum Gasteiger partial charge on any atom is -0.496 e. The summed E-state index contributed by atoms with van der Waals surface area (Å²) in [5.41, 5.74) is 1.49. The number of methoxy groups -OCH3 is 3. The summed E-state index contributed by atoms with van der Waals surface area (Å²) in [5.74, 6) is 1.04. The van der Waals surface area contributed by atoms with Crippen LogP contribution in [0.5, 0.6) is 17.2 Å². The highest BCUT2D eigenvalue weighted by atomic mass is 19.1. The van der Waals surface area contributed by atoms with E-state index in [0.717, 1.165) is 5.56 Å². The molecule has 0 aromatic heterocycles. The molecule has 1 atom stereocenters. The van der Waals surface area contributed by atoms with E-state index in [9.17, 15) is 9.18 Å². The Morgan fingerprint density at radius 1 is 1.00 bits per heavy atom. The van der Waals surface area contributed by atoms with E-state index in [2.05, 4.69) is 5.32 Å². The van der Waals surface area contributed by atoms with Gasteiger partial charge in [-0.15, -0.1) is 0 Å². The van der Waals surface area contributed by atoms with Crippen LogP contribution in [0.25, 0.3) is 6.08 Å². The highest BCUT2D eigenvalue weighted by Gasteiger charge is 2.11. The van der Waals surface area contributed by atoms with Gasteiger partial charge >= 0.3 is 0 Å². The van der Waals surface area contributed by atoms with Gasteiger partial charge in [0.1, 0.15) is 11.6 Å². The van der Waals surface area contributed by atoms with Crippen molar-refractivity contribution in [2.24, 2.45) is 0 Å². The fraction of sp³-hybridized carbons (Fsp3) is 0.250. The van der Waals surface area contributed by atoms with Crippen molar-refractivity contribution in [2.45, 2.75) is 13.0 Å². The number of carbonyl (C=O) groups excluding carboxylic acids is 1. The molecular formula is C20H22FNO4. The monoisotopic (exact) mass is 359 g/mol. The molecule has 0 aliphatic heterocycles. The van der Waals surface area contributed by atoms with E-state index in [0.29, 0.717) is 22.8 Å². The molecule has 0 bridgehead atoms. The number of nitrogens with one attached hydrogen (secondary N) is 1. The Bertz CT molecular complexity index is 787. The van der Waals surface area contributed by atoms with E-state index in [1.807, 2.05) is 6.92 Å². The van der Waals surface area contributed by atoms with Gasteiger partial charge in [-0.25, -0.2) is 4.39 Å². The third kappa shape index (κ3) is 4.75. The zero-order valence-electron chi connectivity index (χ0n) is 15.2. The van der Waals surface area contributed by atoms with Crippen molar-refractivity contribution < 1.29 is 23.4 Å². The maximum Gasteiger partial charge on any atom is 0.244 e. The fourth-order valence-electron chi connectivity index (χ4n) is 2.44. The molecule has 5 nitrogen and oxygen atoms in total. The Labute approximate surface area is 152 Å². The molecule has 0 radical (unpaired) electrons. The number of rotatable bonds is 7. The zero-order valence-corrected chi connectivity index (χ0v) is 15.2. The van der Waals surface area contributed by atoms with Crippen molar-refractivity contribution in [1.82, 2.24) is 5.32 Å². The molecule has 2 aromatic carbocycles. The SMILES string of the molecule is COc1cc(OC)c(OC)cc1/C=C/C(=O)N[C@@H](C)c1ccc(F)cc1. The molecule has 0 aliphatic rings. The Balaban J connectivity index is 2.13. The molecule has 138 valence electrons. The molecule has 6 heteroatoms. The number of ether oxygens (including phenoxy) is 3. The van der Waals surface area contributed by atoms with E-state index >= 15 is 0 Å². The summed E-state index contributed by atoms with van der Waals surface area (Å²) in [7, 11) is 4.61. The fourth-order valence-corrected chi connectivity index (χ4v) is 2.44. The van der Waals surface area contributed by atoms with Gasteiger partial charge in [-0.05, 0) is 36.8 Å². The van der Waals surface area contributed by atoms with Crippen LogP contribution in [0.1, 0.15) is 24.1 Å². The lowest BCUT2D eigenvalue weighted by Gasteiger charge is -2.13. The van der Waals surface area contributed by atoms with Crippen LogP contribution in [0, 0.1) is 5.82 Å². The van der Waals surface area contributed by atoms with Gasteiger partial charge in [0.25, 0.3) is 0 Å². The highest BCUT2D eigenvalue weighted by molar-refractivity contribution is 5.92. The van der Waals surface area contributed by atoms with E-state index in [-0.39, 0.29) is 17.8 Å². The number of hydrogen-bond donors (Lipinski definition) is 1. The number of amides is 1. The van der Waals surface area contributed by atoms with Crippen LogP contribution in [-0.4, -0.2) is 27.2 Å². The van der Waals surface area contributed by atoms with E-state index in [1.54, 1.807) is 30.3 Å². The maximum atomic E-state index is 13.0. The van der Waals surface area contributed by atoms with E-state index in [1.165, 1.54) is 39.5 Å². The summed E-state index contributed by atoms with van der Waals surface area (Å²) >= 11 is 0. The Morgan fingerprint density at radius 3 is 2.15 bits per heavy atom. The average molecular weight is 359 g/mol. The first-order valence-corrected chi connectivity index (χ1v) is 8.02. The first kappa shape index (κ1) is 19.3. The predicted octanol–water partition coefficient (Wildman–Crippen LogP) is 3.74. The molecular weight excluding hydrogens is 337 g/mol. The molecule has 0 saturated heterocycles. The topological polar surface area (TPSA) is 56.8 Å². The van der Waals surface area contributed by atoms with E-state index in [4.69, 9.17) is 14.2 Å². The van der Waals surface area contributed by atoms with Crippen LogP contribution in [0.15, 0.2) is 42.5 Å². The molecule has 26 heavy (non-hydrogen) atoms. The molecule has 1 amide bonds. The standard InChI is InChI=1S/C20H22FNO4/c1-13(14-5-8-16(21)9-6-14)22-20(23)10-7-15-11-18(25-3)19(26-4)12-17(15)24-2/h5-13H,1-4H3,(H,22,23)/b10-7+/t13-/m0/s1. The van der Waals surface area contributed by atoms with Gasteiger partial charge in [0.2, 0.25) is 5.91 Å². The smallest absolute Gasteiger partial charge is 0.244 e. The summed E-state index contributed by atoms with van der Waals surface area (Å²) in [6.07, 6.45) is 3.04. The summed E-state index contributed by atoms with van der Waals surface area (Å²) in [5, 5.41) is 2.83. The Morgan fingerprint density at radius 2 is 1.58 bits per heavy atom. The molecule has 0 aliphatic carbocycles. The first-order chi connectivity index (χ1) is 12.5. The summed E-state index contributed by atoms with van der Waals surface area (Å²) in [4.78, 5) is 12.2. The lowest BCUT2D eigenvalue weighted by Crippen LogP contribution is -2.24. The minimum absolute atomic E-state index is 0.250. The van der Waals surface area contributed by atoms with Crippen LogP contribution in [0.3, 0.4) is 0 Å². The number of carbonyl (C=O) groups is 1. The second kappa shape index (κ2) is 8.89. The van der Waals surface area contributed by atoms with Crippen LogP contribution >= 0.6 is 0 Å². The lowest BCUT2D eigenvalue weighted by atomic mass is 10.1. The first-order valence-electron chi connectivity index (χ1n) is 8.02. The van der Waals surface area contributed by atoms with Crippen molar-refractivity contribution in [2.75, 3.05) is 21.3 Å². The molecule has 0 unspecified atom stereocenters. The Kier molecular flexibility index (Phi) is 6.60. The van der Waals surface area contributed by atoms with Crippen LogP contribution in [-0.2, 0) is 4.79 Å². The molecule has 2 rings (SSSR count). The van der Waals surface area contributed by atoms with E-state index < -0.39 is 0 Å². The van der Waals surface area contributed by atoms with Gasteiger partial charge < -0.3 is 19.5 Å². The number of halogens is 1. The van der Waals surface area contributed by atoms with Crippen molar-refractivity contribution in [3.8, 4) is 17.2 Å². The van der Waals surface area contributed by atoms with Crippen molar-refractivity contribution >= 4 is 12.0 Å². The van der Waals surface area contributed by atoms with Gasteiger partial charge in [0.15, 0.2) is 11.5 Å². The van der Waals surface area contributed by atoms with Crippen LogP contribution < -0.4 is 19.5 Å². The van der Waals surface area contributed by atoms with Crippen molar-refractivity contribution in [3.63, 3.8) is 0 Å². The molecule has 0 heterocycles. The van der Waals surface area contributed by atoms with Crippen LogP contribution in [0.2, 0.25) is 0 Å². The van der Waals surface area contributed by atoms with Crippen LogP contribution in [0.4, 0.5) is 4.39 Å². The molecule has 2 aromatic rings. The van der Waals surface area contributed by atoms with Crippen molar-refractivity contribution in [1.29, 1.82) is 0 Å². The average Bonchev–Trinajstić information content (AvgIpc) is 2.65. The molecule has 1 N–H and O–H groups in total. The summed E-state index contributed by atoms with van der Waals surface area (Å²) in [6, 6.07) is 9.18. The third-order valence-corrected chi connectivity index (χ3v) is 3.88. The summed E-state index contributed by atoms with van der Waals surface area (Å²) < 4.78 is 28.8.